The van der Waals surface area contributed by atoms with E-state index in [1.165, 1.54) is 0 Å². The van der Waals surface area contributed by atoms with Crippen LogP contribution in [-0.2, 0) is 10.3 Å². The first-order valence-electron chi connectivity index (χ1n) is 4.73. The van der Waals surface area contributed by atoms with Gasteiger partial charge in [0.2, 0.25) is 0 Å². The van der Waals surface area contributed by atoms with Crippen LogP contribution in [0.2, 0.25) is 0 Å². The molecule has 0 heterocycles. The molecule has 1 aromatic rings. The number of benzene rings is 1. The highest BCUT2D eigenvalue weighted by Crippen LogP contribution is 2.31. The first-order valence-corrected chi connectivity index (χ1v) is 6.99. The third-order valence-corrected chi connectivity index (χ3v) is 3.22. The van der Waals surface area contributed by atoms with Gasteiger partial charge in [-0.25, -0.2) is 0 Å². The molecule has 16 heavy (non-hydrogen) atoms. The minimum Gasteiger partial charge on any atom is -0.371 e. The largest absolute Gasteiger partial charge is 0.380 e. The highest BCUT2D eigenvalue weighted by molar-refractivity contribution is 9.10. The third kappa shape index (κ3) is 3.47. The van der Waals surface area contributed by atoms with E-state index in [9.17, 15) is 8.42 Å². The molecule has 6 heteroatoms. The summed E-state index contributed by atoms with van der Waals surface area (Å²) in [5.74, 6) is 0.534. The average Bonchev–Trinajstić information content (AvgIpc) is 2.07. The minimum atomic E-state index is -3.97. The van der Waals surface area contributed by atoms with Crippen molar-refractivity contribution in [3.05, 3.63) is 27.7 Å². The second kappa shape index (κ2) is 4.73. The summed E-state index contributed by atoms with van der Waals surface area (Å²) in [6, 6.07) is 3.50. The Kier molecular flexibility index (Phi) is 3.98. The topological polar surface area (TPSA) is 69.4 Å². The van der Waals surface area contributed by atoms with Gasteiger partial charge in [-0.15, -0.1) is 0 Å². The molecule has 1 aromatic carbocycles. The molecular weight excluding hydrogens is 294 g/mol. The average molecular weight is 308 g/mol. The van der Waals surface area contributed by atoms with Crippen LogP contribution < -0.4 is 9.32 Å². The molecule has 4 nitrogen and oxygen atoms in total. The van der Waals surface area contributed by atoms with Gasteiger partial charge in [0.15, 0.2) is 0 Å². The Bertz CT molecular complexity index is 497. The van der Waals surface area contributed by atoms with Gasteiger partial charge in [-0.05, 0) is 36.1 Å². The van der Waals surface area contributed by atoms with Crippen LogP contribution in [0.1, 0.15) is 30.9 Å². The summed E-state index contributed by atoms with van der Waals surface area (Å²) in [5, 5.41) is 4.84. The van der Waals surface area contributed by atoms with Gasteiger partial charge in [-0.3, -0.25) is 0 Å². The molecule has 0 fully saturated rings. The van der Waals surface area contributed by atoms with Gasteiger partial charge in [-0.2, -0.15) is 13.6 Å². The molecule has 0 radical (unpaired) electrons. The van der Waals surface area contributed by atoms with Crippen molar-refractivity contribution in [1.29, 1.82) is 0 Å². The molecule has 0 spiro atoms. The summed E-state index contributed by atoms with van der Waals surface area (Å²) in [4.78, 5) is 0. The fourth-order valence-electron chi connectivity index (χ4n) is 1.33. The predicted octanol–water partition coefficient (Wildman–Crippen LogP) is 2.46. The quantitative estimate of drug-likeness (QED) is 0.932. The van der Waals surface area contributed by atoms with E-state index in [-0.39, 0.29) is 11.7 Å². The molecule has 0 saturated heterocycles. The number of hydrogen-bond donors (Lipinski definition) is 1. The molecule has 0 atom stereocenters. The van der Waals surface area contributed by atoms with Crippen LogP contribution in [0.3, 0.4) is 0 Å². The van der Waals surface area contributed by atoms with Gasteiger partial charge < -0.3 is 4.18 Å². The normalized spacial score (nSPS) is 11.9. The van der Waals surface area contributed by atoms with Gasteiger partial charge in [-0.1, -0.05) is 29.8 Å². The fourth-order valence-corrected chi connectivity index (χ4v) is 2.67. The van der Waals surface area contributed by atoms with Crippen LogP contribution in [0.4, 0.5) is 0 Å². The van der Waals surface area contributed by atoms with E-state index >= 15 is 0 Å². The van der Waals surface area contributed by atoms with Crippen LogP contribution in [0, 0.1) is 6.92 Å². The van der Waals surface area contributed by atoms with E-state index in [0.717, 1.165) is 10.0 Å². The lowest BCUT2D eigenvalue weighted by atomic mass is 10.0. The molecule has 0 aliphatic carbocycles. The summed E-state index contributed by atoms with van der Waals surface area (Å²) >= 11 is 3.43. The van der Waals surface area contributed by atoms with E-state index in [1.54, 1.807) is 13.0 Å². The molecule has 1 rings (SSSR count). The van der Waals surface area contributed by atoms with Crippen molar-refractivity contribution in [2.24, 2.45) is 5.14 Å². The fraction of sp³-hybridized carbons (Fsp3) is 0.400. The molecule has 0 aliphatic heterocycles. The highest BCUT2D eigenvalue weighted by atomic mass is 79.9. The number of aryl methyl sites for hydroxylation is 1. The summed E-state index contributed by atoms with van der Waals surface area (Å²) < 4.78 is 27.4. The Labute approximate surface area is 104 Å². The van der Waals surface area contributed by atoms with Crippen molar-refractivity contribution in [2.45, 2.75) is 26.7 Å². The van der Waals surface area contributed by atoms with Crippen molar-refractivity contribution in [2.75, 3.05) is 0 Å². The van der Waals surface area contributed by atoms with Gasteiger partial charge in [0, 0.05) is 4.47 Å². The smallest absolute Gasteiger partial charge is 0.371 e. The van der Waals surface area contributed by atoms with Crippen LogP contribution in [0.15, 0.2) is 16.6 Å². The lowest BCUT2D eigenvalue weighted by molar-refractivity contribution is 0.485. The Morgan fingerprint density at radius 3 is 2.38 bits per heavy atom. The first-order chi connectivity index (χ1) is 7.20. The van der Waals surface area contributed by atoms with Crippen molar-refractivity contribution in [3.63, 3.8) is 0 Å². The molecule has 0 unspecified atom stereocenters. The maximum atomic E-state index is 10.9. The Balaban J connectivity index is 3.25. The monoisotopic (exact) mass is 307 g/mol. The van der Waals surface area contributed by atoms with Crippen LogP contribution >= 0.6 is 15.9 Å². The zero-order valence-electron chi connectivity index (χ0n) is 9.32. The summed E-state index contributed by atoms with van der Waals surface area (Å²) in [6.45, 7) is 5.78. The molecule has 2 N–H and O–H groups in total. The van der Waals surface area contributed by atoms with Crippen LogP contribution in [-0.4, -0.2) is 8.42 Å². The zero-order valence-corrected chi connectivity index (χ0v) is 11.7. The Hall–Kier alpha value is -0.590. The lowest BCUT2D eigenvalue weighted by Crippen LogP contribution is -2.19. The van der Waals surface area contributed by atoms with E-state index < -0.39 is 10.3 Å². The highest BCUT2D eigenvalue weighted by Gasteiger charge is 2.13. The summed E-state index contributed by atoms with van der Waals surface area (Å²) in [7, 11) is -3.97. The first kappa shape index (κ1) is 13.5. The molecule has 0 aliphatic rings. The van der Waals surface area contributed by atoms with Gasteiger partial charge in [0.05, 0.1) is 0 Å². The van der Waals surface area contributed by atoms with Crippen molar-refractivity contribution in [1.82, 2.24) is 0 Å². The molecule has 0 saturated carbocycles. The molecule has 0 amide bonds. The van der Waals surface area contributed by atoms with E-state index in [0.29, 0.717) is 5.56 Å². The molecular formula is C10H14BrNO3S. The van der Waals surface area contributed by atoms with Crippen molar-refractivity contribution in [3.8, 4) is 5.75 Å². The molecule has 0 aromatic heterocycles. The number of rotatable bonds is 3. The maximum Gasteiger partial charge on any atom is 0.380 e. The second-order valence-corrected chi connectivity index (χ2v) is 5.88. The van der Waals surface area contributed by atoms with E-state index in [2.05, 4.69) is 15.9 Å². The third-order valence-electron chi connectivity index (χ3n) is 2.12. The second-order valence-electron chi connectivity index (χ2n) is 3.87. The zero-order chi connectivity index (χ0) is 12.5. The van der Waals surface area contributed by atoms with Crippen molar-refractivity contribution >= 4 is 26.2 Å². The van der Waals surface area contributed by atoms with Gasteiger partial charge in [0.25, 0.3) is 0 Å². The van der Waals surface area contributed by atoms with Crippen molar-refractivity contribution < 1.29 is 12.6 Å². The number of halogens is 1. The molecule has 0 bridgehead atoms. The Morgan fingerprint density at radius 1 is 1.38 bits per heavy atom. The number of nitrogens with two attached hydrogens (primary N) is 1. The van der Waals surface area contributed by atoms with Crippen LogP contribution in [0.5, 0.6) is 5.75 Å². The minimum absolute atomic E-state index is 0.262. The van der Waals surface area contributed by atoms with Crippen LogP contribution in [0.25, 0.3) is 0 Å². The number of hydrogen-bond acceptors (Lipinski definition) is 3. The molecule has 90 valence electrons. The maximum absolute atomic E-state index is 10.9. The standard InChI is InChI=1S/C10H14BrNO3S/c1-6(2)8-5-10(15-16(12,13)14)7(3)4-9(8)11/h4-6H,1-3H3,(H2,12,13,14). The Morgan fingerprint density at radius 2 is 1.94 bits per heavy atom. The summed E-state index contributed by atoms with van der Waals surface area (Å²) in [6.07, 6.45) is 0. The predicted molar refractivity (Wildman–Crippen MR) is 66.7 cm³/mol. The SMILES string of the molecule is Cc1cc(Br)c(C(C)C)cc1OS(N)(=O)=O. The van der Waals surface area contributed by atoms with Gasteiger partial charge >= 0.3 is 10.3 Å². The van der Waals surface area contributed by atoms with Gasteiger partial charge in [0.1, 0.15) is 5.75 Å². The van der Waals surface area contributed by atoms with E-state index in [4.69, 9.17) is 9.32 Å². The van der Waals surface area contributed by atoms with E-state index in [1.807, 2.05) is 19.9 Å². The summed E-state index contributed by atoms with van der Waals surface area (Å²) in [5.41, 5.74) is 1.69. The lowest BCUT2D eigenvalue weighted by Gasteiger charge is -2.13.